The summed E-state index contributed by atoms with van der Waals surface area (Å²) in [5.74, 6) is -8.16. The van der Waals surface area contributed by atoms with E-state index in [0.29, 0.717) is 24.7 Å². The average Bonchev–Trinajstić information content (AvgIpc) is 2.82. The van der Waals surface area contributed by atoms with Crippen LogP contribution in [0.15, 0.2) is 35.9 Å². The van der Waals surface area contributed by atoms with E-state index in [1.165, 1.54) is 5.57 Å². The van der Waals surface area contributed by atoms with Crippen LogP contribution in [-0.4, -0.2) is 0 Å². The molecule has 2 aliphatic rings. The van der Waals surface area contributed by atoms with Crippen LogP contribution in [0.1, 0.15) is 87.3 Å². The summed E-state index contributed by atoms with van der Waals surface area (Å²) in [6, 6.07) is 1.37. The third-order valence-electron chi connectivity index (χ3n) is 7.93. The van der Waals surface area contributed by atoms with Gasteiger partial charge in [0.05, 0.1) is 0 Å². The normalized spacial score (nSPS) is 22.5. The van der Waals surface area contributed by atoms with Gasteiger partial charge in [-0.05, 0) is 86.8 Å². The monoisotopic (exact) mass is 564 g/mol. The Morgan fingerprint density at radius 3 is 1.79 bits per heavy atom. The van der Waals surface area contributed by atoms with E-state index in [2.05, 4.69) is 17.7 Å². The van der Waals surface area contributed by atoms with E-state index < -0.39 is 52.4 Å². The maximum Gasteiger partial charge on any atom is 0.432 e. The number of hydrogen-bond acceptors (Lipinski definition) is 1. The Kier molecular flexibility index (Phi) is 8.61. The minimum Gasteiger partial charge on any atom is -0.429 e. The van der Waals surface area contributed by atoms with Gasteiger partial charge < -0.3 is 4.74 Å². The summed E-state index contributed by atoms with van der Waals surface area (Å²) in [4.78, 5) is 0. The minimum atomic E-state index is -5.42. The van der Waals surface area contributed by atoms with Crippen molar-refractivity contribution in [2.45, 2.75) is 82.9 Å². The highest BCUT2D eigenvalue weighted by molar-refractivity contribution is 5.35. The van der Waals surface area contributed by atoms with E-state index in [0.717, 1.165) is 57.1 Å². The van der Waals surface area contributed by atoms with Gasteiger partial charge >= 0.3 is 12.3 Å². The zero-order valence-corrected chi connectivity index (χ0v) is 21.3. The molecule has 1 fully saturated rings. The fourth-order valence-corrected chi connectivity index (χ4v) is 5.99. The summed E-state index contributed by atoms with van der Waals surface area (Å²) >= 11 is 0. The molecule has 2 aromatic carbocycles. The molecule has 1 saturated carbocycles. The van der Waals surface area contributed by atoms with Crippen molar-refractivity contribution in [3.63, 3.8) is 0 Å². The summed E-state index contributed by atoms with van der Waals surface area (Å²) in [5.41, 5.74) is -2.36. The minimum absolute atomic E-state index is 0.116. The van der Waals surface area contributed by atoms with Gasteiger partial charge in [0.25, 0.3) is 0 Å². The van der Waals surface area contributed by atoms with Gasteiger partial charge in [-0.25, -0.2) is 17.6 Å². The lowest BCUT2D eigenvalue weighted by atomic mass is 9.70. The van der Waals surface area contributed by atoms with Crippen LogP contribution in [0.3, 0.4) is 0 Å². The molecule has 4 rings (SSSR count). The lowest BCUT2D eigenvalue weighted by Gasteiger charge is -2.36. The van der Waals surface area contributed by atoms with Crippen LogP contribution in [0.2, 0.25) is 0 Å². The van der Waals surface area contributed by atoms with Crippen molar-refractivity contribution in [2.24, 2.45) is 11.8 Å². The van der Waals surface area contributed by atoms with Crippen LogP contribution in [0.5, 0.6) is 5.75 Å². The second-order valence-corrected chi connectivity index (χ2v) is 10.5. The molecule has 2 aliphatic carbocycles. The second-order valence-electron chi connectivity index (χ2n) is 10.5. The Balaban J connectivity index is 1.45. The van der Waals surface area contributed by atoms with Crippen molar-refractivity contribution >= 4 is 0 Å². The second kappa shape index (κ2) is 11.5. The molecule has 214 valence electrons. The molecule has 0 radical (unpaired) electrons. The largest absolute Gasteiger partial charge is 0.432 e. The molecule has 0 N–H and O–H groups in total. The molecule has 2 aromatic rings. The van der Waals surface area contributed by atoms with E-state index >= 15 is 0 Å². The van der Waals surface area contributed by atoms with Gasteiger partial charge in [-0.2, -0.15) is 22.0 Å². The predicted octanol–water partition coefficient (Wildman–Crippen LogP) is 10.2. The van der Waals surface area contributed by atoms with Crippen molar-refractivity contribution in [3.05, 3.63) is 75.9 Å². The Morgan fingerprint density at radius 1 is 0.744 bits per heavy atom. The van der Waals surface area contributed by atoms with Crippen molar-refractivity contribution in [2.75, 3.05) is 0 Å². The third-order valence-corrected chi connectivity index (χ3v) is 7.93. The standard InChI is InChI=1S/C29H29F9O/c1-2-3-16-4-6-17(7-5-16)18-8-10-19(11-9-18)20-12-22(30)27(23(31)13-20)29(37,38)39-21-14-24(32)26(25(33)15-21)28(34,35)36/h4,12-15,17-19H,2-3,5-11H2,1H3. The molecule has 1 nitrogen and oxygen atoms in total. The van der Waals surface area contributed by atoms with E-state index in [9.17, 15) is 39.5 Å². The molecule has 0 aliphatic heterocycles. The third kappa shape index (κ3) is 6.57. The smallest absolute Gasteiger partial charge is 0.429 e. The molecule has 0 saturated heterocycles. The Hall–Kier alpha value is -2.65. The molecule has 0 amide bonds. The topological polar surface area (TPSA) is 9.23 Å². The molecule has 0 spiro atoms. The zero-order chi connectivity index (χ0) is 28.5. The van der Waals surface area contributed by atoms with E-state index in [1.54, 1.807) is 0 Å². The molecule has 39 heavy (non-hydrogen) atoms. The van der Waals surface area contributed by atoms with Crippen LogP contribution in [0.25, 0.3) is 0 Å². The highest BCUT2D eigenvalue weighted by Gasteiger charge is 2.43. The van der Waals surface area contributed by atoms with Crippen LogP contribution in [-0.2, 0) is 12.3 Å². The molecule has 0 aromatic heterocycles. The van der Waals surface area contributed by atoms with Gasteiger partial charge in [0.15, 0.2) is 0 Å². The van der Waals surface area contributed by atoms with Crippen molar-refractivity contribution in [1.82, 2.24) is 0 Å². The Labute approximate surface area is 221 Å². The molecule has 1 atom stereocenters. The summed E-state index contributed by atoms with van der Waals surface area (Å²) in [7, 11) is 0. The Bertz CT molecular complexity index is 1160. The number of hydrogen-bond donors (Lipinski definition) is 0. The van der Waals surface area contributed by atoms with Gasteiger partial charge in [-0.3, -0.25) is 0 Å². The fraction of sp³-hybridized carbons (Fsp3) is 0.517. The molecule has 10 heteroatoms. The van der Waals surface area contributed by atoms with Gasteiger partial charge in [0, 0.05) is 12.1 Å². The van der Waals surface area contributed by atoms with Gasteiger partial charge in [0.2, 0.25) is 0 Å². The first kappa shape index (κ1) is 29.3. The molecule has 0 heterocycles. The Morgan fingerprint density at radius 2 is 1.31 bits per heavy atom. The van der Waals surface area contributed by atoms with Crippen LogP contribution >= 0.6 is 0 Å². The lowest BCUT2D eigenvalue weighted by molar-refractivity contribution is -0.189. The average molecular weight is 565 g/mol. The maximum atomic E-state index is 14.8. The van der Waals surface area contributed by atoms with Gasteiger partial charge in [-0.1, -0.05) is 25.0 Å². The number of rotatable bonds is 7. The first-order chi connectivity index (χ1) is 18.3. The first-order valence-electron chi connectivity index (χ1n) is 13.1. The van der Waals surface area contributed by atoms with E-state index in [4.69, 9.17) is 0 Å². The van der Waals surface area contributed by atoms with Crippen LogP contribution < -0.4 is 4.74 Å². The van der Waals surface area contributed by atoms with Crippen LogP contribution in [0, 0.1) is 35.1 Å². The predicted molar refractivity (Wildman–Crippen MR) is 127 cm³/mol. The SMILES string of the molecule is CCCC1=CCC(C2CCC(c3cc(F)c(C(F)(F)Oc4cc(F)c(C(F)(F)F)c(F)c4)c(F)c3)CC2)CC1. The number of benzene rings is 2. The number of ether oxygens (including phenoxy) is 1. The van der Waals surface area contributed by atoms with Crippen molar-refractivity contribution in [1.29, 1.82) is 0 Å². The lowest BCUT2D eigenvalue weighted by Crippen LogP contribution is -2.26. The maximum absolute atomic E-state index is 14.8. The summed E-state index contributed by atoms with van der Waals surface area (Å²) < 4.78 is 129. The number of alkyl halides is 5. The number of allylic oxidation sites excluding steroid dienone is 2. The van der Waals surface area contributed by atoms with E-state index in [-0.39, 0.29) is 23.6 Å². The first-order valence-corrected chi connectivity index (χ1v) is 13.1. The van der Waals surface area contributed by atoms with Crippen LogP contribution in [0.4, 0.5) is 39.5 Å². The summed E-state index contributed by atoms with van der Waals surface area (Å²) in [5, 5.41) is 0. The molecule has 0 bridgehead atoms. The zero-order valence-electron chi connectivity index (χ0n) is 21.3. The summed E-state index contributed by atoms with van der Waals surface area (Å²) in [6.07, 6.45) is 0.689. The molecular formula is C29H29F9O. The highest BCUT2D eigenvalue weighted by Crippen LogP contribution is 2.45. The van der Waals surface area contributed by atoms with Gasteiger partial charge in [-0.15, -0.1) is 0 Å². The van der Waals surface area contributed by atoms with Crippen molar-refractivity contribution in [3.8, 4) is 5.75 Å². The number of halogens is 9. The summed E-state index contributed by atoms with van der Waals surface area (Å²) in [6.45, 7) is 2.15. The molecule has 1 unspecified atom stereocenters. The van der Waals surface area contributed by atoms with Gasteiger partial charge in [0.1, 0.15) is 40.1 Å². The fourth-order valence-electron chi connectivity index (χ4n) is 5.99. The highest BCUT2D eigenvalue weighted by atomic mass is 19.4. The van der Waals surface area contributed by atoms with E-state index in [1.807, 2.05) is 0 Å². The quantitative estimate of drug-likeness (QED) is 0.240. The molecular weight excluding hydrogens is 535 g/mol. The van der Waals surface area contributed by atoms with Crippen molar-refractivity contribution < 1.29 is 44.3 Å².